The number of ketones is 1. The molecule has 0 aliphatic heterocycles. The molecule has 0 atom stereocenters. The first-order chi connectivity index (χ1) is 9.79. The molecule has 21 heavy (non-hydrogen) atoms. The van der Waals surface area contributed by atoms with Crippen LogP contribution < -0.4 is 0 Å². The van der Waals surface area contributed by atoms with E-state index in [1.54, 1.807) is 6.07 Å². The van der Waals surface area contributed by atoms with E-state index in [4.69, 9.17) is 0 Å². The molecule has 0 N–H and O–H groups in total. The van der Waals surface area contributed by atoms with Crippen LogP contribution >= 0.6 is 15.9 Å². The van der Waals surface area contributed by atoms with E-state index < -0.39 is 11.7 Å². The molecular formula is C16H12BrF3O. The highest BCUT2D eigenvalue weighted by Crippen LogP contribution is 2.30. The minimum absolute atomic E-state index is 0.146. The molecule has 1 nitrogen and oxygen atoms in total. The van der Waals surface area contributed by atoms with E-state index in [-0.39, 0.29) is 12.2 Å². The van der Waals surface area contributed by atoms with E-state index in [1.165, 1.54) is 13.0 Å². The third kappa shape index (κ3) is 3.73. The fourth-order valence-electron chi connectivity index (χ4n) is 2.06. The molecule has 0 heterocycles. The Balaban J connectivity index is 2.26. The van der Waals surface area contributed by atoms with Crippen LogP contribution in [0.15, 0.2) is 46.9 Å². The average Bonchev–Trinajstić information content (AvgIpc) is 2.40. The van der Waals surface area contributed by atoms with E-state index in [0.29, 0.717) is 11.1 Å². The van der Waals surface area contributed by atoms with Crippen LogP contribution in [-0.2, 0) is 12.6 Å². The van der Waals surface area contributed by atoms with Crippen molar-refractivity contribution in [3.63, 3.8) is 0 Å². The highest BCUT2D eigenvalue weighted by atomic mass is 79.9. The van der Waals surface area contributed by atoms with E-state index in [9.17, 15) is 18.0 Å². The number of hydrogen-bond donors (Lipinski definition) is 0. The second kappa shape index (κ2) is 6.02. The van der Waals surface area contributed by atoms with Gasteiger partial charge in [-0.05, 0) is 36.2 Å². The van der Waals surface area contributed by atoms with Gasteiger partial charge in [0, 0.05) is 16.5 Å². The van der Waals surface area contributed by atoms with Gasteiger partial charge in [-0.2, -0.15) is 13.2 Å². The number of benzene rings is 2. The normalized spacial score (nSPS) is 11.5. The lowest BCUT2D eigenvalue weighted by Gasteiger charge is -2.11. The Labute approximate surface area is 128 Å². The third-order valence-electron chi connectivity index (χ3n) is 3.16. The first-order valence-corrected chi connectivity index (χ1v) is 7.03. The summed E-state index contributed by atoms with van der Waals surface area (Å²) in [6.45, 7) is 1.52. The van der Waals surface area contributed by atoms with Gasteiger partial charge in [0.2, 0.25) is 0 Å². The zero-order valence-corrected chi connectivity index (χ0v) is 12.8. The third-order valence-corrected chi connectivity index (χ3v) is 3.94. The molecule has 110 valence electrons. The number of halogens is 4. The lowest BCUT2D eigenvalue weighted by Crippen LogP contribution is -2.10. The van der Waals surface area contributed by atoms with Gasteiger partial charge in [0.25, 0.3) is 0 Å². The molecule has 2 aromatic rings. The van der Waals surface area contributed by atoms with Crippen LogP contribution in [0.5, 0.6) is 0 Å². The van der Waals surface area contributed by atoms with E-state index in [2.05, 4.69) is 15.9 Å². The van der Waals surface area contributed by atoms with Crippen LogP contribution in [0.3, 0.4) is 0 Å². The summed E-state index contributed by atoms with van der Waals surface area (Å²) in [6.07, 6.45) is -4.25. The van der Waals surface area contributed by atoms with Crippen LogP contribution in [0.25, 0.3) is 0 Å². The van der Waals surface area contributed by atoms with Gasteiger partial charge in [0.1, 0.15) is 0 Å². The molecule has 5 heteroatoms. The fraction of sp³-hybridized carbons (Fsp3) is 0.188. The van der Waals surface area contributed by atoms with E-state index >= 15 is 0 Å². The molecule has 2 rings (SSSR count). The minimum atomic E-state index is -4.39. The van der Waals surface area contributed by atoms with Gasteiger partial charge >= 0.3 is 6.18 Å². The summed E-state index contributed by atoms with van der Waals surface area (Å²) in [7, 11) is 0. The molecule has 0 aromatic heterocycles. The van der Waals surface area contributed by atoms with Crippen molar-refractivity contribution in [3.05, 3.63) is 69.2 Å². The Bertz CT molecular complexity index is 677. The summed E-state index contributed by atoms with van der Waals surface area (Å²) in [5.41, 5.74) is 0.722. The molecule has 0 unspecified atom stereocenters. The zero-order chi connectivity index (χ0) is 15.6. The highest BCUT2D eigenvalue weighted by Gasteiger charge is 2.31. The highest BCUT2D eigenvalue weighted by molar-refractivity contribution is 9.10. The standard InChI is InChI=1S/C16H12BrF3O/c1-10-8-12(16(18,19)20)6-7-13(10)15(21)9-11-4-2-3-5-14(11)17/h2-8H,9H2,1H3. The van der Waals surface area contributed by atoms with Crippen LogP contribution in [0.2, 0.25) is 0 Å². The number of carbonyl (C=O) groups excluding carboxylic acids is 1. The Morgan fingerprint density at radius 2 is 1.81 bits per heavy atom. The maximum Gasteiger partial charge on any atom is 0.416 e. The van der Waals surface area contributed by atoms with Gasteiger partial charge < -0.3 is 0 Å². The molecule has 0 radical (unpaired) electrons. The lowest BCUT2D eigenvalue weighted by molar-refractivity contribution is -0.137. The molecule has 0 fully saturated rings. The number of aryl methyl sites for hydroxylation is 1. The summed E-state index contributed by atoms with van der Waals surface area (Å²) in [5.74, 6) is -0.201. The zero-order valence-electron chi connectivity index (χ0n) is 11.2. The Morgan fingerprint density at radius 1 is 1.14 bits per heavy atom. The lowest BCUT2D eigenvalue weighted by atomic mass is 9.97. The summed E-state index contributed by atoms with van der Waals surface area (Å²) in [6, 6.07) is 10.5. The van der Waals surface area contributed by atoms with Gasteiger partial charge in [-0.1, -0.05) is 40.2 Å². The first-order valence-electron chi connectivity index (χ1n) is 6.23. The summed E-state index contributed by atoms with van der Waals surface area (Å²) in [5, 5.41) is 0. The quantitative estimate of drug-likeness (QED) is 0.690. The van der Waals surface area contributed by atoms with Crippen molar-refractivity contribution >= 4 is 21.7 Å². The minimum Gasteiger partial charge on any atom is -0.294 e. The Hall–Kier alpha value is -1.62. The van der Waals surface area contributed by atoms with E-state index in [1.807, 2.05) is 18.2 Å². The number of alkyl halides is 3. The monoisotopic (exact) mass is 356 g/mol. The van der Waals surface area contributed by atoms with Gasteiger partial charge in [-0.15, -0.1) is 0 Å². The van der Waals surface area contributed by atoms with Gasteiger partial charge in [0.15, 0.2) is 5.78 Å². The molecule has 0 amide bonds. The second-order valence-corrected chi connectivity index (χ2v) is 5.57. The SMILES string of the molecule is Cc1cc(C(F)(F)F)ccc1C(=O)Cc1ccccc1Br. The number of carbonyl (C=O) groups is 1. The first kappa shape index (κ1) is 15.8. The van der Waals surface area contributed by atoms with Crippen molar-refractivity contribution in [3.8, 4) is 0 Å². The molecule has 0 saturated heterocycles. The molecule has 0 spiro atoms. The largest absolute Gasteiger partial charge is 0.416 e. The molecule has 0 aliphatic rings. The van der Waals surface area contributed by atoms with Crippen LogP contribution in [-0.4, -0.2) is 5.78 Å². The van der Waals surface area contributed by atoms with Crippen molar-refractivity contribution in [2.24, 2.45) is 0 Å². The van der Waals surface area contributed by atoms with Gasteiger partial charge in [-0.25, -0.2) is 0 Å². The molecule has 2 aromatic carbocycles. The number of hydrogen-bond acceptors (Lipinski definition) is 1. The van der Waals surface area contributed by atoms with Crippen molar-refractivity contribution in [1.29, 1.82) is 0 Å². The Morgan fingerprint density at radius 3 is 2.38 bits per heavy atom. The smallest absolute Gasteiger partial charge is 0.294 e. The topological polar surface area (TPSA) is 17.1 Å². The molecule has 0 aliphatic carbocycles. The summed E-state index contributed by atoms with van der Waals surface area (Å²) in [4.78, 5) is 12.2. The number of rotatable bonds is 3. The van der Waals surface area contributed by atoms with E-state index in [0.717, 1.165) is 22.2 Å². The van der Waals surface area contributed by atoms with Gasteiger partial charge in [-0.3, -0.25) is 4.79 Å². The van der Waals surface area contributed by atoms with Crippen molar-refractivity contribution in [2.45, 2.75) is 19.5 Å². The predicted molar refractivity (Wildman–Crippen MR) is 78.4 cm³/mol. The van der Waals surface area contributed by atoms with Crippen molar-refractivity contribution < 1.29 is 18.0 Å². The predicted octanol–water partition coefficient (Wildman–Crippen LogP) is 5.20. The molecular weight excluding hydrogens is 345 g/mol. The van der Waals surface area contributed by atoms with Crippen LogP contribution in [0.4, 0.5) is 13.2 Å². The second-order valence-electron chi connectivity index (χ2n) is 4.72. The molecule has 0 saturated carbocycles. The molecule has 0 bridgehead atoms. The fourth-order valence-corrected chi connectivity index (χ4v) is 2.49. The van der Waals surface area contributed by atoms with Crippen molar-refractivity contribution in [1.82, 2.24) is 0 Å². The van der Waals surface area contributed by atoms with Crippen molar-refractivity contribution in [2.75, 3.05) is 0 Å². The number of Topliss-reactive ketones (excluding diaryl/α,β-unsaturated/α-hetero) is 1. The Kier molecular flexibility index (Phi) is 4.52. The van der Waals surface area contributed by atoms with Crippen LogP contribution in [0.1, 0.15) is 27.0 Å². The van der Waals surface area contributed by atoms with Crippen LogP contribution in [0, 0.1) is 6.92 Å². The summed E-state index contributed by atoms with van der Waals surface area (Å²) >= 11 is 3.35. The average molecular weight is 357 g/mol. The van der Waals surface area contributed by atoms with Gasteiger partial charge in [0.05, 0.1) is 5.56 Å². The maximum atomic E-state index is 12.6. The summed E-state index contributed by atoms with van der Waals surface area (Å²) < 4.78 is 38.6. The maximum absolute atomic E-state index is 12.6.